The Labute approximate surface area is 118 Å². The lowest BCUT2D eigenvalue weighted by atomic mass is 10.1. The summed E-state index contributed by atoms with van der Waals surface area (Å²) in [6, 6.07) is 9.59. The first-order valence-corrected chi connectivity index (χ1v) is 6.37. The van der Waals surface area contributed by atoms with Gasteiger partial charge in [-0.3, -0.25) is 4.98 Å². The molecule has 0 unspecified atom stereocenters. The first-order valence-electron chi connectivity index (χ1n) is 6.37. The summed E-state index contributed by atoms with van der Waals surface area (Å²) >= 11 is 0. The Morgan fingerprint density at radius 1 is 1.35 bits per heavy atom. The lowest BCUT2D eigenvalue weighted by Crippen LogP contribution is -2.16. The van der Waals surface area contributed by atoms with E-state index in [-0.39, 0.29) is 5.84 Å². The maximum Gasteiger partial charge on any atom is 0.170 e. The van der Waals surface area contributed by atoms with Crippen LogP contribution in [-0.4, -0.2) is 16.0 Å². The standard InChI is InChI=1S/C15H18N4O/c1-11-5-6-17-9-14(11)10-18-8-12-3-2-4-13(7-12)15(16)19-20/h2-7,9,18,20H,8,10H2,1H3,(H2,16,19). The van der Waals surface area contributed by atoms with Crippen molar-refractivity contribution in [2.75, 3.05) is 0 Å². The molecule has 1 aromatic carbocycles. The van der Waals surface area contributed by atoms with Gasteiger partial charge >= 0.3 is 0 Å². The third-order valence-electron chi connectivity index (χ3n) is 3.12. The molecule has 0 fully saturated rings. The fourth-order valence-corrected chi connectivity index (χ4v) is 1.92. The number of nitrogens with one attached hydrogen (secondary N) is 1. The highest BCUT2D eigenvalue weighted by Gasteiger charge is 2.01. The molecule has 0 bridgehead atoms. The number of rotatable bonds is 5. The number of nitrogens with two attached hydrogens (primary N) is 1. The van der Waals surface area contributed by atoms with Gasteiger partial charge in [0.05, 0.1) is 0 Å². The summed E-state index contributed by atoms with van der Waals surface area (Å²) in [5.74, 6) is 0.120. The molecule has 2 rings (SSSR count). The third kappa shape index (κ3) is 3.55. The highest BCUT2D eigenvalue weighted by atomic mass is 16.4. The number of hydrogen-bond donors (Lipinski definition) is 3. The fourth-order valence-electron chi connectivity index (χ4n) is 1.92. The molecule has 0 spiro atoms. The summed E-state index contributed by atoms with van der Waals surface area (Å²) in [4.78, 5) is 4.12. The largest absolute Gasteiger partial charge is 0.409 e. The summed E-state index contributed by atoms with van der Waals surface area (Å²) < 4.78 is 0. The maximum atomic E-state index is 8.67. The van der Waals surface area contributed by atoms with E-state index in [2.05, 4.69) is 22.4 Å². The quantitative estimate of drug-likeness (QED) is 0.335. The number of aromatic nitrogens is 1. The lowest BCUT2D eigenvalue weighted by molar-refractivity contribution is 0.318. The van der Waals surface area contributed by atoms with E-state index in [4.69, 9.17) is 10.9 Å². The smallest absolute Gasteiger partial charge is 0.170 e. The predicted molar refractivity (Wildman–Crippen MR) is 78.5 cm³/mol. The van der Waals surface area contributed by atoms with Gasteiger partial charge in [0.25, 0.3) is 0 Å². The molecule has 0 amide bonds. The molecule has 5 heteroatoms. The van der Waals surface area contributed by atoms with Crippen molar-refractivity contribution in [3.8, 4) is 0 Å². The van der Waals surface area contributed by atoms with Crippen molar-refractivity contribution in [3.63, 3.8) is 0 Å². The van der Waals surface area contributed by atoms with Crippen LogP contribution in [0.3, 0.4) is 0 Å². The van der Waals surface area contributed by atoms with Crippen LogP contribution < -0.4 is 11.1 Å². The van der Waals surface area contributed by atoms with Gasteiger partial charge in [0.2, 0.25) is 0 Å². The van der Waals surface area contributed by atoms with Crippen LogP contribution in [0.4, 0.5) is 0 Å². The zero-order chi connectivity index (χ0) is 14.4. The second-order valence-electron chi connectivity index (χ2n) is 4.59. The predicted octanol–water partition coefficient (Wildman–Crippen LogP) is 1.77. The first-order chi connectivity index (χ1) is 9.70. The van der Waals surface area contributed by atoms with Crippen LogP contribution >= 0.6 is 0 Å². The van der Waals surface area contributed by atoms with Crippen molar-refractivity contribution in [1.82, 2.24) is 10.3 Å². The monoisotopic (exact) mass is 270 g/mol. The van der Waals surface area contributed by atoms with Crippen molar-refractivity contribution in [3.05, 3.63) is 65.0 Å². The molecule has 4 N–H and O–H groups in total. The molecule has 5 nitrogen and oxygen atoms in total. The number of aryl methyl sites for hydroxylation is 1. The van der Waals surface area contributed by atoms with E-state index in [1.165, 1.54) is 11.1 Å². The van der Waals surface area contributed by atoms with Crippen molar-refractivity contribution < 1.29 is 5.21 Å². The minimum Gasteiger partial charge on any atom is -0.409 e. The molecule has 2 aromatic rings. The van der Waals surface area contributed by atoms with E-state index in [0.29, 0.717) is 12.1 Å². The summed E-state index contributed by atoms with van der Waals surface area (Å²) in [6.07, 6.45) is 3.66. The Balaban J connectivity index is 1.96. The van der Waals surface area contributed by atoms with Gasteiger partial charge in [-0.1, -0.05) is 23.4 Å². The molecule has 0 aliphatic rings. The zero-order valence-electron chi connectivity index (χ0n) is 11.4. The Morgan fingerprint density at radius 2 is 2.20 bits per heavy atom. The molecule has 104 valence electrons. The average Bonchev–Trinajstić information content (AvgIpc) is 2.49. The van der Waals surface area contributed by atoms with E-state index >= 15 is 0 Å². The van der Waals surface area contributed by atoms with Crippen LogP contribution in [0.2, 0.25) is 0 Å². The second kappa shape index (κ2) is 6.68. The summed E-state index contributed by atoms with van der Waals surface area (Å²) in [7, 11) is 0. The number of benzene rings is 1. The summed E-state index contributed by atoms with van der Waals surface area (Å²) in [5.41, 5.74) is 9.77. The maximum absolute atomic E-state index is 8.67. The molecule has 0 aliphatic carbocycles. The molecular weight excluding hydrogens is 252 g/mol. The number of oxime groups is 1. The minimum absolute atomic E-state index is 0.120. The van der Waals surface area contributed by atoms with E-state index in [1.807, 2.05) is 36.5 Å². The van der Waals surface area contributed by atoms with E-state index in [1.54, 1.807) is 6.20 Å². The van der Waals surface area contributed by atoms with Gasteiger partial charge in [-0.15, -0.1) is 0 Å². The van der Waals surface area contributed by atoms with Crippen molar-refractivity contribution in [2.24, 2.45) is 10.9 Å². The highest BCUT2D eigenvalue weighted by molar-refractivity contribution is 5.97. The zero-order valence-corrected chi connectivity index (χ0v) is 11.4. The molecule has 20 heavy (non-hydrogen) atoms. The van der Waals surface area contributed by atoms with E-state index in [9.17, 15) is 0 Å². The summed E-state index contributed by atoms with van der Waals surface area (Å²) in [6.45, 7) is 3.53. The minimum atomic E-state index is 0.120. The van der Waals surface area contributed by atoms with Crippen LogP contribution in [-0.2, 0) is 13.1 Å². The number of pyridine rings is 1. The van der Waals surface area contributed by atoms with Crippen LogP contribution in [0.15, 0.2) is 47.9 Å². The fraction of sp³-hybridized carbons (Fsp3) is 0.200. The second-order valence-corrected chi connectivity index (χ2v) is 4.59. The molecule has 0 radical (unpaired) electrons. The lowest BCUT2D eigenvalue weighted by Gasteiger charge is -2.08. The number of amidine groups is 1. The van der Waals surface area contributed by atoms with Crippen molar-refractivity contribution in [2.45, 2.75) is 20.0 Å². The van der Waals surface area contributed by atoms with Gasteiger partial charge in [0.1, 0.15) is 0 Å². The molecule has 0 aliphatic heterocycles. The molecule has 1 heterocycles. The molecular formula is C15H18N4O. The average molecular weight is 270 g/mol. The van der Waals surface area contributed by atoms with Crippen LogP contribution in [0.25, 0.3) is 0 Å². The van der Waals surface area contributed by atoms with Gasteiger partial charge in [0.15, 0.2) is 5.84 Å². The van der Waals surface area contributed by atoms with E-state index in [0.717, 1.165) is 12.1 Å². The highest BCUT2D eigenvalue weighted by Crippen LogP contribution is 2.07. The van der Waals surface area contributed by atoms with Gasteiger partial charge in [0, 0.05) is 31.0 Å². The van der Waals surface area contributed by atoms with Gasteiger partial charge in [-0.2, -0.15) is 0 Å². The Morgan fingerprint density at radius 3 is 2.95 bits per heavy atom. The Kier molecular flexibility index (Phi) is 4.68. The van der Waals surface area contributed by atoms with Crippen molar-refractivity contribution >= 4 is 5.84 Å². The Bertz CT molecular complexity index is 610. The van der Waals surface area contributed by atoms with Crippen molar-refractivity contribution in [1.29, 1.82) is 0 Å². The summed E-state index contributed by atoms with van der Waals surface area (Å²) in [5, 5.41) is 15.0. The number of hydrogen-bond acceptors (Lipinski definition) is 4. The normalized spacial score (nSPS) is 11.6. The number of nitrogens with zero attached hydrogens (tertiary/aromatic N) is 2. The molecule has 0 atom stereocenters. The van der Waals surface area contributed by atoms with Crippen LogP contribution in [0.1, 0.15) is 22.3 Å². The third-order valence-corrected chi connectivity index (χ3v) is 3.12. The van der Waals surface area contributed by atoms with E-state index < -0.39 is 0 Å². The van der Waals surface area contributed by atoms with Gasteiger partial charge < -0.3 is 16.3 Å². The first kappa shape index (κ1) is 14.0. The van der Waals surface area contributed by atoms with Gasteiger partial charge in [-0.25, -0.2) is 0 Å². The van der Waals surface area contributed by atoms with Crippen LogP contribution in [0.5, 0.6) is 0 Å². The Hall–Kier alpha value is -2.40. The van der Waals surface area contributed by atoms with Gasteiger partial charge in [-0.05, 0) is 35.7 Å². The molecule has 0 saturated carbocycles. The van der Waals surface area contributed by atoms with Crippen LogP contribution in [0, 0.1) is 6.92 Å². The topological polar surface area (TPSA) is 83.5 Å². The SMILES string of the molecule is Cc1ccncc1CNCc1cccc(/C(N)=N/O)c1. The molecule has 1 aromatic heterocycles. The molecule has 0 saturated heterocycles.